The van der Waals surface area contributed by atoms with Gasteiger partial charge in [0.25, 0.3) is 0 Å². The van der Waals surface area contributed by atoms with Crippen LogP contribution in [0.5, 0.6) is 0 Å². The molecule has 0 rings (SSSR count). The normalized spacial score (nSPS) is 11.4. The number of aliphatic hydroxyl groups is 1. The van der Waals surface area contributed by atoms with Gasteiger partial charge in [-0.25, -0.2) is 0 Å². The number of ketones is 1. The van der Waals surface area contributed by atoms with Gasteiger partial charge >= 0.3 is 5.97 Å². The standard InChI is InChI=1S/C12H19NO5/c1-3-6-18-12(17)8-10(15)4-5-13-11(16)7-9(2)14/h3,9,14H,1,4-8H2,2H3,(H,13,16). The summed E-state index contributed by atoms with van der Waals surface area (Å²) in [6, 6.07) is 0. The van der Waals surface area contributed by atoms with Gasteiger partial charge in [0.1, 0.15) is 18.8 Å². The Morgan fingerprint density at radius 3 is 2.67 bits per heavy atom. The Morgan fingerprint density at radius 1 is 1.44 bits per heavy atom. The molecule has 1 amide bonds. The van der Waals surface area contributed by atoms with E-state index in [1.807, 2.05) is 0 Å². The maximum atomic E-state index is 11.3. The lowest BCUT2D eigenvalue weighted by atomic mass is 10.2. The Labute approximate surface area is 106 Å². The first-order valence-corrected chi connectivity index (χ1v) is 5.68. The van der Waals surface area contributed by atoms with Crippen molar-refractivity contribution in [2.45, 2.75) is 32.3 Å². The summed E-state index contributed by atoms with van der Waals surface area (Å²) in [7, 11) is 0. The number of hydrogen-bond acceptors (Lipinski definition) is 5. The first kappa shape index (κ1) is 16.3. The number of amides is 1. The number of ether oxygens (including phenoxy) is 1. The summed E-state index contributed by atoms with van der Waals surface area (Å²) in [5.74, 6) is -1.23. The van der Waals surface area contributed by atoms with Gasteiger partial charge in [0.15, 0.2) is 0 Å². The van der Waals surface area contributed by atoms with Crippen molar-refractivity contribution in [3.05, 3.63) is 12.7 Å². The number of carbonyl (C=O) groups is 3. The maximum Gasteiger partial charge on any atom is 0.313 e. The second-order valence-corrected chi connectivity index (χ2v) is 3.84. The predicted octanol–water partition coefficient (Wildman–Crippen LogP) is -0.0480. The minimum Gasteiger partial charge on any atom is -0.461 e. The fourth-order valence-corrected chi connectivity index (χ4v) is 1.13. The van der Waals surface area contributed by atoms with Crippen molar-refractivity contribution >= 4 is 17.7 Å². The molecule has 2 N–H and O–H groups in total. The van der Waals surface area contributed by atoms with Gasteiger partial charge in [-0.15, -0.1) is 0 Å². The molecular weight excluding hydrogens is 238 g/mol. The summed E-state index contributed by atoms with van der Waals surface area (Å²) >= 11 is 0. The Morgan fingerprint density at radius 2 is 2.11 bits per heavy atom. The minimum absolute atomic E-state index is 0.00440. The highest BCUT2D eigenvalue weighted by atomic mass is 16.5. The third-order valence-electron chi connectivity index (χ3n) is 1.91. The van der Waals surface area contributed by atoms with Crippen LogP contribution in [-0.2, 0) is 19.1 Å². The van der Waals surface area contributed by atoms with Crippen LogP contribution < -0.4 is 5.32 Å². The van der Waals surface area contributed by atoms with E-state index in [0.29, 0.717) is 0 Å². The SMILES string of the molecule is C=CCOC(=O)CC(=O)CCNC(=O)CC(C)O. The molecule has 1 atom stereocenters. The number of nitrogens with one attached hydrogen (secondary N) is 1. The third kappa shape index (κ3) is 9.53. The highest BCUT2D eigenvalue weighted by Crippen LogP contribution is 1.94. The molecule has 0 fully saturated rings. The van der Waals surface area contributed by atoms with E-state index >= 15 is 0 Å². The maximum absolute atomic E-state index is 11.3. The van der Waals surface area contributed by atoms with Gasteiger partial charge in [-0.3, -0.25) is 14.4 Å². The highest BCUT2D eigenvalue weighted by Gasteiger charge is 2.11. The van der Waals surface area contributed by atoms with Crippen LogP contribution in [0.15, 0.2) is 12.7 Å². The minimum atomic E-state index is -0.713. The van der Waals surface area contributed by atoms with Gasteiger partial charge in [-0.05, 0) is 6.92 Å². The van der Waals surface area contributed by atoms with Crippen LogP contribution in [-0.4, -0.2) is 42.0 Å². The number of Topliss-reactive ketones (excluding diaryl/α,β-unsaturated/α-hetero) is 1. The molecule has 0 saturated heterocycles. The van der Waals surface area contributed by atoms with E-state index in [9.17, 15) is 14.4 Å². The molecule has 0 aliphatic rings. The lowest BCUT2D eigenvalue weighted by molar-refractivity contribution is -0.144. The topological polar surface area (TPSA) is 92.7 Å². The van der Waals surface area contributed by atoms with Crippen LogP contribution in [0.25, 0.3) is 0 Å². The van der Waals surface area contributed by atoms with E-state index in [2.05, 4.69) is 16.6 Å². The summed E-state index contributed by atoms with van der Waals surface area (Å²) < 4.78 is 4.64. The Bertz CT molecular complexity index is 312. The van der Waals surface area contributed by atoms with Crippen LogP contribution in [0.1, 0.15) is 26.2 Å². The molecule has 0 saturated carbocycles. The Hall–Kier alpha value is -1.69. The average molecular weight is 257 g/mol. The number of carbonyl (C=O) groups excluding carboxylic acids is 3. The Balaban J connectivity index is 3.67. The van der Waals surface area contributed by atoms with Crippen LogP contribution >= 0.6 is 0 Å². The molecule has 0 radical (unpaired) electrons. The van der Waals surface area contributed by atoms with Gasteiger partial charge < -0.3 is 15.2 Å². The van der Waals surface area contributed by atoms with Gasteiger partial charge in [0.05, 0.1) is 12.5 Å². The van der Waals surface area contributed by atoms with Crippen LogP contribution in [0.4, 0.5) is 0 Å². The number of aliphatic hydroxyl groups excluding tert-OH is 1. The van der Waals surface area contributed by atoms with Crippen molar-refractivity contribution in [2.24, 2.45) is 0 Å². The average Bonchev–Trinajstić information content (AvgIpc) is 2.25. The second-order valence-electron chi connectivity index (χ2n) is 3.84. The molecule has 18 heavy (non-hydrogen) atoms. The molecule has 0 spiro atoms. The zero-order valence-electron chi connectivity index (χ0n) is 10.5. The molecule has 0 aliphatic heterocycles. The van der Waals surface area contributed by atoms with Gasteiger partial charge in [-0.1, -0.05) is 12.7 Å². The molecule has 0 heterocycles. The van der Waals surface area contributed by atoms with Crippen molar-refractivity contribution in [3.63, 3.8) is 0 Å². The van der Waals surface area contributed by atoms with Crippen molar-refractivity contribution < 1.29 is 24.2 Å². The van der Waals surface area contributed by atoms with E-state index in [0.717, 1.165) is 0 Å². The summed E-state index contributed by atoms with van der Waals surface area (Å²) in [6.07, 6.45) is 0.456. The van der Waals surface area contributed by atoms with E-state index < -0.39 is 12.1 Å². The second kappa shape index (κ2) is 9.35. The molecule has 6 heteroatoms. The number of hydrogen-bond donors (Lipinski definition) is 2. The molecule has 0 aromatic heterocycles. The molecule has 102 valence electrons. The van der Waals surface area contributed by atoms with Gasteiger partial charge in [0, 0.05) is 13.0 Å². The lowest BCUT2D eigenvalue weighted by Crippen LogP contribution is -2.28. The van der Waals surface area contributed by atoms with E-state index in [1.165, 1.54) is 13.0 Å². The number of esters is 1. The van der Waals surface area contributed by atoms with Crippen LogP contribution in [0.2, 0.25) is 0 Å². The molecule has 0 aliphatic carbocycles. The molecule has 0 aromatic carbocycles. The van der Waals surface area contributed by atoms with E-state index in [1.54, 1.807) is 0 Å². The third-order valence-corrected chi connectivity index (χ3v) is 1.91. The first-order valence-electron chi connectivity index (χ1n) is 5.68. The molecule has 6 nitrogen and oxygen atoms in total. The molecule has 1 unspecified atom stereocenters. The summed E-state index contributed by atoms with van der Waals surface area (Å²) in [5.41, 5.74) is 0. The molecule has 0 bridgehead atoms. The monoisotopic (exact) mass is 257 g/mol. The predicted molar refractivity (Wildman–Crippen MR) is 64.7 cm³/mol. The van der Waals surface area contributed by atoms with Gasteiger partial charge in [0.2, 0.25) is 5.91 Å². The van der Waals surface area contributed by atoms with Crippen molar-refractivity contribution in [1.82, 2.24) is 5.32 Å². The molecule has 0 aromatic rings. The van der Waals surface area contributed by atoms with Crippen LogP contribution in [0, 0.1) is 0 Å². The first-order chi connectivity index (χ1) is 8.45. The summed E-state index contributed by atoms with van der Waals surface area (Å²) in [5, 5.41) is 11.4. The van der Waals surface area contributed by atoms with E-state index in [-0.39, 0.29) is 44.1 Å². The largest absolute Gasteiger partial charge is 0.461 e. The fourth-order valence-electron chi connectivity index (χ4n) is 1.13. The fraction of sp³-hybridized carbons (Fsp3) is 0.583. The lowest BCUT2D eigenvalue weighted by Gasteiger charge is -2.06. The summed E-state index contributed by atoms with van der Waals surface area (Å²) in [6.45, 7) is 5.11. The van der Waals surface area contributed by atoms with Crippen molar-refractivity contribution in [2.75, 3.05) is 13.2 Å². The summed E-state index contributed by atoms with van der Waals surface area (Å²) in [4.78, 5) is 33.4. The van der Waals surface area contributed by atoms with Gasteiger partial charge in [-0.2, -0.15) is 0 Å². The molecular formula is C12H19NO5. The zero-order chi connectivity index (χ0) is 14.0. The zero-order valence-corrected chi connectivity index (χ0v) is 10.5. The Kier molecular flexibility index (Phi) is 8.47. The van der Waals surface area contributed by atoms with Crippen molar-refractivity contribution in [3.8, 4) is 0 Å². The number of rotatable bonds is 9. The van der Waals surface area contributed by atoms with Crippen molar-refractivity contribution in [1.29, 1.82) is 0 Å². The highest BCUT2D eigenvalue weighted by molar-refractivity contribution is 5.95. The smallest absolute Gasteiger partial charge is 0.313 e. The quantitative estimate of drug-likeness (QED) is 0.343. The van der Waals surface area contributed by atoms with Crippen LogP contribution in [0.3, 0.4) is 0 Å². The van der Waals surface area contributed by atoms with E-state index in [4.69, 9.17) is 5.11 Å².